The highest BCUT2D eigenvalue weighted by Gasteiger charge is 2.14. The van der Waals surface area contributed by atoms with Gasteiger partial charge in [-0.3, -0.25) is 0 Å². The predicted octanol–water partition coefficient (Wildman–Crippen LogP) is 2.48. The first-order chi connectivity index (χ1) is 8.33. The molecule has 1 aromatic carbocycles. The monoisotopic (exact) mass is 250 g/mol. The maximum absolute atomic E-state index is 5.78. The lowest BCUT2D eigenvalue weighted by Crippen LogP contribution is -2.09. The van der Waals surface area contributed by atoms with Gasteiger partial charge in [0, 0.05) is 6.54 Å². The molecule has 2 N–H and O–H groups in total. The van der Waals surface area contributed by atoms with Crippen molar-refractivity contribution in [1.29, 1.82) is 0 Å². The fraction of sp³-hybridized carbons (Fsp3) is 0.250. The van der Waals surface area contributed by atoms with Crippen molar-refractivity contribution in [2.75, 3.05) is 13.7 Å². The number of rotatable bonds is 5. The van der Waals surface area contributed by atoms with E-state index in [1.54, 1.807) is 19.6 Å². The van der Waals surface area contributed by atoms with Crippen molar-refractivity contribution < 1.29 is 9.15 Å². The summed E-state index contributed by atoms with van der Waals surface area (Å²) in [5, 5.41) is 0.743. The summed E-state index contributed by atoms with van der Waals surface area (Å²) in [6, 6.07) is 7.86. The zero-order chi connectivity index (χ0) is 12.1. The Balaban J connectivity index is 2.16. The third kappa shape index (κ3) is 3.01. The SMILES string of the molecule is COc1cccc(C(CN)Sc2ncco2)c1. The van der Waals surface area contributed by atoms with Crippen molar-refractivity contribution in [3.8, 4) is 5.75 Å². The lowest BCUT2D eigenvalue weighted by molar-refractivity contribution is 0.414. The van der Waals surface area contributed by atoms with Crippen LogP contribution in [0.15, 0.2) is 46.4 Å². The molecule has 0 saturated carbocycles. The van der Waals surface area contributed by atoms with Crippen LogP contribution in [0.2, 0.25) is 0 Å². The molecule has 90 valence electrons. The molecule has 4 nitrogen and oxygen atoms in total. The average molecular weight is 250 g/mol. The minimum atomic E-state index is 0.115. The Hall–Kier alpha value is -1.46. The summed E-state index contributed by atoms with van der Waals surface area (Å²) >= 11 is 1.51. The molecule has 2 aromatic rings. The number of methoxy groups -OCH3 is 1. The van der Waals surface area contributed by atoms with Crippen molar-refractivity contribution in [3.05, 3.63) is 42.3 Å². The van der Waals surface area contributed by atoms with Gasteiger partial charge in [0.15, 0.2) is 0 Å². The highest BCUT2D eigenvalue weighted by molar-refractivity contribution is 7.99. The lowest BCUT2D eigenvalue weighted by Gasteiger charge is -2.13. The van der Waals surface area contributed by atoms with E-state index in [4.69, 9.17) is 14.9 Å². The molecule has 0 saturated heterocycles. The van der Waals surface area contributed by atoms with Gasteiger partial charge in [-0.1, -0.05) is 23.9 Å². The number of benzene rings is 1. The molecular formula is C12H14N2O2S. The topological polar surface area (TPSA) is 61.3 Å². The lowest BCUT2D eigenvalue weighted by atomic mass is 10.1. The number of nitrogens with two attached hydrogens (primary N) is 1. The van der Waals surface area contributed by atoms with Crippen molar-refractivity contribution in [2.45, 2.75) is 10.5 Å². The molecule has 1 atom stereocenters. The van der Waals surface area contributed by atoms with E-state index in [2.05, 4.69) is 4.98 Å². The minimum absolute atomic E-state index is 0.115. The summed E-state index contributed by atoms with van der Waals surface area (Å²) in [6.07, 6.45) is 3.18. The van der Waals surface area contributed by atoms with Crippen molar-refractivity contribution in [1.82, 2.24) is 4.98 Å². The van der Waals surface area contributed by atoms with Gasteiger partial charge in [0.25, 0.3) is 5.22 Å². The summed E-state index contributed by atoms with van der Waals surface area (Å²) in [5.41, 5.74) is 6.89. The Labute approximate surface area is 104 Å². The Bertz CT molecular complexity index is 459. The van der Waals surface area contributed by atoms with E-state index in [-0.39, 0.29) is 5.25 Å². The quantitative estimate of drug-likeness (QED) is 0.826. The third-order valence-electron chi connectivity index (χ3n) is 2.33. The molecule has 0 aliphatic carbocycles. The van der Waals surface area contributed by atoms with Crippen LogP contribution in [0.1, 0.15) is 10.8 Å². The minimum Gasteiger partial charge on any atom is -0.497 e. The Morgan fingerprint density at radius 3 is 3.06 bits per heavy atom. The molecule has 1 unspecified atom stereocenters. The van der Waals surface area contributed by atoms with Gasteiger partial charge in [-0.2, -0.15) is 0 Å². The summed E-state index contributed by atoms with van der Waals surface area (Å²) in [6.45, 7) is 0.514. The standard InChI is InChI=1S/C12H14N2O2S/c1-15-10-4-2-3-9(7-10)11(8-13)17-12-14-5-6-16-12/h2-7,11H,8,13H2,1H3. The number of oxazole rings is 1. The summed E-state index contributed by atoms with van der Waals surface area (Å²) in [7, 11) is 1.65. The molecule has 5 heteroatoms. The molecule has 0 amide bonds. The molecule has 0 spiro atoms. The van der Waals surface area contributed by atoms with Gasteiger partial charge in [0.05, 0.1) is 18.6 Å². The van der Waals surface area contributed by atoms with Gasteiger partial charge >= 0.3 is 0 Å². The number of nitrogens with zero attached hydrogens (tertiary/aromatic N) is 1. The van der Waals surface area contributed by atoms with Crippen molar-refractivity contribution in [3.63, 3.8) is 0 Å². The molecule has 17 heavy (non-hydrogen) atoms. The molecule has 1 heterocycles. The van der Waals surface area contributed by atoms with Crippen LogP contribution < -0.4 is 10.5 Å². The van der Waals surface area contributed by atoms with Gasteiger partial charge in [0.1, 0.15) is 12.0 Å². The molecule has 0 fully saturated rings. The Morgan fingerprint density at radius 1 is 1.53 bits per heavy atom. The van der Waals surface area contributed by atoms with E-state index >= 15 is 0 Å². The van der Waals surface area contributed by atoms with Crippen molar-refractivity contribution in [2.24, 2.45) is 5.73 Å². The van der Waals surface area contributed by atoms with Gasteiger partial charge in [-0.15, -0.1) is 0 Å². The van der Waals surface area contributed by atoms with E-state index in [0.717, 1.165) is 11.3 Å². The van der Waals surface area contributed by atoms with Gasteiger partial charge < -0.3 is 14.9 Å². The fourth-order valence-electron chi connectivity index (χ4n) is 1.48. The van der Waals surface area contributed by atoms with Crippen LogP contribution in [-0.2, 0) is 0 Å². The van der Waals surface area contributed by atoms with Crippen LogP contribution in [-0.4, -0.2) is 18.6 Å². The predicted molar refractivity (Wildman–Crippen MR) is 67.1 cm³/mol. The van der Waals surface area contributed by atoms with Gasteiger partial charge in [-0.25, -0.2) is 4.98 Å². The molecule has 1 aromatic heterocycles. The smallest absolute Gasteiger partial charge is 0.256 e. The van der Waals surface area contributed by atoms with Crippen LogP contribution in [0, 0.1) is 0 Å². The highest BCUT2D eigenvalue weighted by Crippen LogP contribution is 2.34. The Morgan fingerprint density at radius 2 is 2.41 bits per heavy atom. The van der Waals surface area contributed by atoms with Gasteiger partial charge in [0.2, 0.25) is 0 Å². The zero-order valence-corrected chi connectivity index (χ0v) is 10.3. The first-order valence-corrected chi connectivity index (χ1v) is 6.11. The van der Waals surface area contributed by atoms with Crippen LogP contribution >= 0.6 is 11.8 Å². The number of thioether (sulfide) groups is 1. The molecular weight excluding hydrogens is 236 g/mol. The van der Waals surface area contributed by atoms with Crippen LogP contribution in [0.3, 0.4) is 0 Å². The molecule has 0 aliphatic rings. The number of aromatic nitrogens is 1. The summed E-state index contributed by atoms with van der Waals surface area (Å²) < 4.78 is 10.4. The van der Waals surface area contributed by atoms with Crippen molar-refractivity contribution >= 4 is 11.8 Å². The molecule has 0 bridgehead atoms. The number of hydrogen-bond donors (Lipinski definition) is 1. The second-order valence-electron chi connectivity index (χ2n) is 3.42. The molecule has 0 radical (unpaired) electrons. The number of hydrogen-bond acceptors (Lipinski definition) is 5. The normalized spacial score (nSPS) is 12.4. The van der Waals surface area contributed by atoms with Crippen LogP contribution in [0.25, 0.3) is 0 Å². The molecule has 0 aliphatic heterocycles. The largest absolute Gasteiger partial charge is 0.497 e. The molecule has 2 rings (SSSR count). The Kier molecular flexibility index (Phi) is 4.06. The van der Waals surface area contributed by atoms with Crippen LogP contribution in [0.5, 0.6) is 5.75 Å². The fourth-order valence-corrected chi connectivity index (χ4v) is 2.34. The third-order valence-corrected chi connectivity index (χ3v) is 3.48. The van der Waals surface area contributed by atoms with E-state index in [1.807, 2.05) is 24.3 Å². The van der Waals surface area contributed by atoms with Gasteiger partial charge in [-0.05, 0) is 17.7 Å². The van der Waals surface area contributed by atoms with E-state index < -0.39 is 0 Å². The summed E-state index contributed by atoms with van der Waals surface area (Å²) in [5.74, 6) is 0.828. The van der Waals surface area contributed by atoms with Crippen LogP contribution in [0.4, 0.5) is 0 Å². The first kappa shape index (κ1) is 12.0. The maximum atomic E-state index is 5.78. The van der Waals surface area contributed by atoms with E-state index in [0.29, 0.717) is 11.8 Å². The first-order valence-electron chi connectivity index (χ1n) is 5.23. The highest BCUT2D eigenvalue weighted by atomic mass is 32.2. The average Bonchev–Trinajstić information content (AvgIpc) is 2.89. The summed E-state index contributed by atoms with van der Waals surface area (Å²) in [4.78, 5) is 4.08. The second kappa shape index (κ2) is 5.75. The zero-order valence-electron chi connectivity index (χ0n) is 9.50. The van der Waals surface area contributed by atoms with E-state index in [9.17, 15) is 0 Å². The second-order valence-corrected chi connectivity index (χ2v) is 4.57. The maximum Gasteiger partial charge on any atom is 0.256 e. The number of ether oxygens (including phenoxy) is 1. The van der Waals surface area contributed by atoms with E-state index in [1.165, 1.54) is 11.8 Å².